The molecule has 24 heavy (non-hydrogen) atoms. The molecular formula is C16H13F2N3O2S. The molecule has 1 aromatic carbocycles. The third kappa shape index (κ3) is 3.18. The molecule has 5 nitrogen and oxygen atoms in total. The number of nitrogens with one attached hydrogen (secondary N) is 2. The Bertz CT molecular complexity index is 948. The highest BCUT2D eigenvalue weighted by Crippen LogP contribution is 2.30. The first-order valence-electron chi connectivity index (χ1n) is 7.09. The summed E-state index contributed by atoms with van der Waals surface area (Å²) < 4.78 is 24.4. The average Bonchev–Trinajstić information content (AvgIpc) is 2.97. The van der Waals surface area contributed by atoms with Gasteiger partial charge in [0.05, 0.1) is 11.9 Å². The molecule has 0 fully saturated rings. The fourth-order valence-electron chi connectivity index (χ4n) is 2.27. The number of fused-ring (bicyclic) bond motifs is 1. The maximum atomic E-state index is 12.4. The molecule has 0 aliphatic carbocycles. The van der Waals surface area contributed by atoms with Gasteiger partial charge >= 0.3 is 6.43 Å². The molecule has 0 bridgehead atoms. The van der Waals surface area contributed by atoms with Crippen LogP contribution in [0.15, 0.2) is 34.4 Å². The normalized spacial score (nSPS) is 11.2. The van der Waals surface area contributed by atoms with Crippen LogP contribution in [0.3, 0.4) is 0 Å². The third-order valence-electron chi connectivity index (χ3n) is 3.48. The van der Waals surface area contributed by atoms with E-state index in [9.17, 15) is 18.4 Å². The number of carbonyl (C=O) groups is 1. The lowest BCUT2D eigenvalue weighted by Crippen LogP contribution is -2.30. The highest BCUT2D eigenvalue weighted by Gasteiger charge is 2.16. The van der Waals surface area contributed by atoms with Crippen molar-refractivity contribution in [3.8, 4) is 11.1 Å². The van der Waals surface area contributed by atoms with Crippen molar-refractivity contribution in [3.05, 3.63) is 51.4 Å². The molecule has 124 valence electrons. The molecule has 0 saturated carbocycles. The number of halogens is 2. The maximum Gasteiger partial charge on any atom is 0.315 e. The van der Waals surface area contributed by atoms with Crippen LogP contribution >= 0.6 is 11.3 Å². The van der Waals surface area contributed by atoms with E-state index < -0.39 is 12.3 Å². The third-order valence-corrected chi connectivity index (χ3v) is 4.36. The maximum absolute atomic E-state index is 12.4. The van der Waals surface area contributed by atoms with Crippen LogP contribution in [0, 0.1) is 6.92 Å². The van der Waals surface area contributed by atoms with Gasteiger partial charge in [0.1, 0.15) is 10.7 Å². The van der Waals surface area contributed by atoms with Gasteiger partial charge in [0.15, 0.2) is 0 Å². The van der Waals surface area contributed by atoms with Crippen molar-refractivity contribution in [1.82, 2.24) is 15.3 Å². The molecule has 1 amide bonds. The minimum atomic E-state index is -3.10. The SMILES string of the molecule is Cc1ccc(-c2csc3nc(CNC(=O)C(F)F)[nH]c(=O)c23)cc1. The van der Waals surface area contributed by atoms with Gasteiger partial charge in [-0.2, -0.15) is 8.78 Å². The number of alkyl halides is 2. The fraction of sp³-hybridized carbons (Fsp3) is 0.188. The molecule has 3 aromatic rings. The van der Waals surface area contributed by atoms with Crippen LogP contribution in [-0.2, 0) is 11.3 Å². The van der Waals surface area contributed by atoms with Gasteiger partial charge in [0.25, 0.3) is 11.5 Å². The number of aromatic nitrogens is 2. The lowest BCUT2D eigenvalue weighted by Gasteiger charge is -2.04. The predicted molar refractivity (Wildman–Crippen MR) is 88.3 cm³/mol. The Kier molecular flexibility index (Phi) is 4.39. The number of aryl methyl sites for hydroxylation is 1. The number of H-pyrrole nitrogens is 1. The first-order valence-corrected chi connectivity index (χ1v) is 7.97. The Labute approximate surface area is 139 Å². The van der Waals surface area contributed by atoms with Gasteiger partial charge in [0.2, 0.25) is 0 Å². The van der Waals surface area contributed by atoms with E-state index in [2.05, 4.69) is 9.97 Å². The summed E-state index contributed by atoms with van der Waals surface area (Å²) in [4.78, 5) is 30.5. The predicted octanol–water partition coefficient (Wildman–Crippen LogP) is 2.84. The molecule has 8 heteroatoms. The van der Waals surface area contributed by atoms with E-state index >= 15 is 0 Å². The van der Waals surface area contributed by atoms with Crippen LogP contribution in [0.2, 0.25) is 0 Å². The first kappa shape index (κ1) is 16.3. The molecule has 3 rings (SSSR count). The quantitative estimate of drug-likeness (QED) is 0.761. The summed E-state index contributed by atoms with van der Waals surface area (Å²) in [6.45, 7) is 1.72. The molecule has 2 heterocycles. The van der Waals surface area contributed by atoms with E-state index in [4.69, 9.17) is 0 Å². The van der Waals surface area contributed by atoms with Gasteiger partial charge in [-0.25, -0.2) is 4.98 Å². The zero-order valence-electron chi connectivity index (χ0n) is 12.6. The molecule has 0 aliphatic heterocycles. The Hall–Kier alpha value is -2.61. The molecule has 0 aliphatic rings. The van der Waals surface area contributed by atoms with E-state index in [1.165, 1.54) is 11.3 Å². The molecule has 0 saturated heterocycles. The summed E-state index contributed by atoms with van der Waals surface area (Å²) in [5, 5.41) is 4.30. The number of amides is 1. The van der Waals surface area contributed by atoms with Crippen LogP contribution in [0.4, 0.5) is 8.78 Å². The van der Waals surface area contributed by atoms with Crippen molar-refractivity contribution in [2.45, 2.75) is 19.9 Å². The number of aromatic amines is 1. The van der Waals surface area contributed by atoms with E-state index in [1.807, 2.05) is 41.9 Å². The van der Waals surface area contributed by atoms with Gasteiger partial charge in [-0.3, -0.25) is 9.59 Å². The second kappa shape index (κ2) is 6.48. The molecular weight excluding hydrogens is 336 g/mol. The Morgan fingerprint density at radius 1 is 1.33 bits per heavy atom. The van der Waals surface area contributed by atoms with Crippen LogP contribution < -0.4 is 10.9 Å². The van der Waals surface area contributed by atoms with Gasteiger partial charge in [-0.15, -0.1) is 11.3 Å². The number of thiophene rings is 1. The Morgan fingerprint density at radius 3 is 2.71 bits per heavy atom. The fourth-order valence-corrected chi connectivity index (χ4v) is 3.24. The summed E-state index contributed by atoms with van der Waals surface area (Å²) in [5.74, 6) is -1.26. The highest BCUT2D eigenvalue weighted by molar-refractivity contribution is 7.17. The van der Waals surface area contributed by atoms with Crippen LogP contribution in [-0.4, -0.2) is 22.3 Å². The Morgan fingerprint density at radius 2 is 2.04 bits per heavy atom. The van der Waals surface area contributed by atoms with Crippen LogP contribution in [0.1, 0.15) is 11.4 Å². The molecule has 2 N–H and O–H groups in total. The van der Waals surface area contributed by atoms with Crippen molar-refractivity contribution in [2.75, 3.05) is 0 Å². The average molecular weight is 349 g/mol. The zero-order chi connectivity index (χ0) is 17.3. The van der Waals surface area contributed by atoms with Crippen molar-refractivity contribution < 1.29 is 13.6 Å². The number of hydrogen-bond acceptors (Lipinski definition) is 4. The van der Waals surface area contributed by atoms with Crippen LogP contribution in [0.25, 0.3) is 21.3 Å². The van der Waals surface area contributed by atoms with Gasteiger partial charge in [0, 0.05) is 10.9 Å². The second-order valence-corrected chi connectivity index (χ2v) is 6.08. The van der Waals surface area contributed by atoms with Gasteiger partial charge in [-0.05, 0) is 12.5 Å². The van der Waals surface area contributed by atoms with Crippen molar-refractivity contribution in [1.29, 1.82) is 0 Å². The number of nitrogens with zero attached hydrogens (tertiary/aromatic N) is 1. The largest absolute Gasteiger partial charge is 0.344 e. The summed E-state index contributed by atoms with van der Waals surface area (Å²) in [5.41, 5.74) is 2.42. The van der Waals surface area contributed by atoms with E-state index in [0.717, 1.165) is 16.7 Å². The molecule has 0 radical (unpaired) electrons. The first-order chi connectivity index (χ1) is 11.5. The molecule has 2 aromatic heterocycles. The summed E-state index contributed by atoms with van der Waals surface area (Å²) >= 11 is 1.29. The number of benzene rings is 1. The van der Waals surface area contributed by atoms with Crippen LogP contribution in [0.5, 0.6) is 0 Å². The number of hydrogen-bond donors (Lipinski definition) is 2. The Balaban J connectivity index is 1.95. The van der Waals surface area contributed by atoms with Gasteiger partial charge < -0.3 is 10.3 Å². The van der Waals surface area contributed by atoms with E-state index in [0.29, 0.717) is 10.2 Å². The lowest BCUT2D eigenvalue weighted by molar-refractivity contribution is -0.131. The van der Waals surface area contributed by atoms with Crippen molar-refractivity contribution >= 4 is 27.5 Å². The summed E-state index contributed by atoms with van der Waals surface area (Å²) in [7, 11) is 0. The monoisotopic (exact) mass is 349 g/mol. The van der Waals surface area contributed by atoms with Gasteiger partial charge in [-0.1, -0.05) is 29.8 Å². The van der Waals surface area contributed by atoms with Crippen molar-refractivity contribution in [2.24, 2.45) is 0 Å². The molecule has 0 unspecified atom stereocenters. The summed E-state index contributed by atoms with van der Waals surface area (Å²) in [6.07, 6.45) is -3.10. The van der Waals surface area contributed by atoms with Crippen molar-refractivity contribution in [3.63, 3.8) is 0 Å². The van der Waals surface area contributed by atoms with E-state index in [-0.39, 0.29) is 17.9 Å². The minimum absolute atomic E-state index is 0.138. The second-order valence-electron chi connectivity index (χ2n) is 5.23. The highest BCUT2D eigenvalue weighted by atomic mass is 32.1. The summed E-state index contributed by atoms with van der Waals surface area (Å²) in [6, 6.07) is 7.75. The smallest absolute Gasteiger partial charge is 0.315 e. The minimum Gasteiger partial charge on any atom is -0.344 e. The topological polar surface area (TPSA) is 74.8 Å². The lowest BCUT2D eigenvalue weighted by atomic mass is 10.1. The molecule has 0 atom stereocenters. The number of carbonyl (C=O) groups excluding carboxylic acids is 1. The number of rotatable bonds is 4. The van der Waals surface area contributed by atoms with E-state index in [1.54, 1.807) is 0 Å². The zero-order valence-corrected chi connectivity index (χ0v) is 13.4. The molecule has 0 spiro atoms. The standard InChI is InChI=1S/C16H13F2N3O2S/c1-8-2-4-9(5-3-8)10-7-24-16-12(10)14(22)20-11(21-16)6-19-15(23)13(17)18/h2-5,7,13H,6H2,1H3,(H,19,23)(H,20,21,22).